The summed E-state index contributed by atoms with van der Waals surface area (Å²) < 4.78 is 1.14. The predicted molar refractivity (Wildman–Crippen MR) is 95.7 cm³/mol. The molecule has 0 spiro atoms. The third-order valence-corrected chi connectivity index (χ3v) is 3.61. The molecule has 2 aromatic carbocycles. The molecule has 0 saturated heterocycles. The van der Waals surface area contributed by atoms with E-state index < -0.39 is 5.91 Å². The Balaban J connectivity index is 1.97. The van der Waals surface area contributed by atoms with E-state index in [1.807, 2.05) is 0 Å². The van der Waals surface area contributed by atoms with Crippen LogP contribution < -0.4 is 16.2 Å². The molecule has 3 rings (SSSR count). The van der Waals surface area contributed by atoms with Crippen LogP contribution in [0.15, 0.2) is 53.3 Å². The molecule has 126 valence electrons. The first-order chi connectivity index (χ1) is 12.0. The Bertz CT molecular complexity index is 1040. The lowest BCUT2D eigenvalue weighted by atomic mass is 10.1. The van der Waals surface area contributed by atoms with Crippen molar-refractivity contribution in [3.63, 3.8) is 0 Å². The van der Waals surface area contributed by atoms with Crippen molar-refractivity contribution in [1.82, 2.24) is 9.78 Å². The molecule has 7 heteroatoms. The number of rotatable bonds is 3. The minimum Gasteiger partial charge on any atom is -0.326 e. The summed E-state index contributed by atoms with van der Waals surface area (Å²) in [6.45, 7) is 1.41. The third-order valence-electron chi connectivity index (χ3n) is 3.61. The maximum atomic E-state index is 12.6. The number of benzene rings is 2. The molecule has 0 saturated carbocycles. The van der Waals surface area contributed by atoms with E-state index in [4.69, 9.17) is 0 Å². The molecule has 0 radical (unpaired) electrons. The van der Waals surface area contributed by atoms with Crippen molar-refractivity contribution in [3.8, 4) is 0 Å². The molecule has 3 aromatic rings. The average molecular weight is 336 g/mol. The third kappa shape index (κ3) is 3.40. The van der Waals surface area contributed by atoms with Crippen molar-refractivity contribution in [2.75, 3.05) is 10.6 Å². The van der Waals surface area contributed by atoms with Crippen LogP contribution in [-0.4, -0.2) is 21.6 Å². The van der Waals surface area contributed by atoms with Crippen molar-refractivity contribution >= 4 is 34.0 Å². The first-order valence-corrected chi connectivity index (χ1v) is 7.61. The Hall–Kier alpha value is -3.48. The number of nitrogens with zero attached hydrogens (tertiary/aromatic N) is 2. The molecule has 0 atom stereocenters. The van der Waals surface area contributed by atoms with Gasteiger partial charge in [-0.2, -0.15) is 5.10 Å². The largest absolute Gasteiger partial charge is 0.326 e. The fourth-order valence-corrected chi connectivity index (χ4v) is 2.54. The molecule has 2 N–H and O–H groups in total. The van der Waals surface area contributed by atoms with Gasteiger partial charge in [-0.05, 0) is 24.3 Å². The number of hydrogen-bond donors (Lipinski definition) is 2. The summed E-state index contributed by atoms with van der Waals surface area (Å²) in [5, 5.41) is 10.4. The van der Waals surface area contributed by atoms with Gasteiger partial charge in [-0.15, -0.1) is 0 Å². The molecule has 0 unspecified atom stereocenters. The van der Waals surface area contributed by atoms with Crippen LogP contribution in [0.3, 0.4) is 0 Å². The summed E-state index contributed by atoms with van der Waals surface area (Å²) >= 11 is 0. The average Bonchev–Trinajstić information content (AvgIpc) is 2.58. The van der Waals surface area contributed by atoms with Gasteiger partial charge in [-0.1, -0.05) is 24.3 Å². The van der Waals surface area contributed by atoms with E-state index >= 15 is 0 Å². The topological polar surface area (TPSA) is 93.1 Å². The first kappa shape index (κ1) is 16.4. The van der Waals surface area contributed by atoms with Crippen LogP contribution in [0, 0.1) is 0 Å². The summed E-state index contributed by atoms with van der Waals surface area (Å²) in [4.78, 5) is 35.9. The zero-order chi connectivity index (χ0) is 18.0. The van der Waals surface area contributed by atoms with Crippen LogP contribution in [-0.2, 0) is 11.8 Å². The van der Waals surface area contributed by atoms with Gasteiger partial charge >= 0.3 is 0 Å². The first-order valence-electron chi connectivity index (χ1n) is 7.61. The van der Waals surface area contributed by atoms with Crippen LogP contribution in [0.4, 0.5) is 11.4 Å². The highest BCUT2D eigenvalue weighted by atomic mass is 16.2. The number of hydrogen-bond acceptors (Lipinski definition) is 4. The van der Waals surface area contributed by atoms with Crippen LogP contribution in [0.2, 0.25) is 0 Å². The summed E-state index contributed by atoms with van der Waals surface area (Å²) in [5.41, 5.74) is 0.974. The van der Waals surface area contributed by atoms with Gasteiger partial charge < -0.3 is 10.6 Å². The lowest BCUT2D eigenvalue weighted by Crippen LogP contribution is -2.25. The van der Waals surface area contributed by atoms with Crippen molar-refractivity contribution < 1.29 is 9.59 Å². The van der Waals surface area contributed by atoms with Crippen molar-refractivity contribution in [2.24, 2.45) is 7.05 Å². The fraction of sp³-hybridized carbons (Fsp3) is 0.111. The van der Waals surface area contributed by atoms with Gasteiger partial charge in [-0.25, -0.2) is 4.68 Å². The quantitative estimate of drug-likeness (QED) is 0.766. The molecule has 1 heterocycles. The minimum absolute atomic E-state index is 0.155. The Morgan fingerprint density at radius 2 is 1.60 bits per heavy atom. The van der Waals surface area contributed by atoms with Crippen molar-refractivity contribution in [1.29, 1.82) is 0 Å². The van der Waals surface area contributed by atoms with Gasteiger partial charge in [0.15, 0.2) is 5.69 Å². The Morgan fingerprint density at radius 1 is 0.960 bits per heavy atom. The van der Waals surface area contributed by atoms with E-state index in [0.717, 1.165) is 4.68 Å². The van der Waals surface area contributed by atoms with E-state index in [0.29, 0.717) is 22.1 Å². The molecule has 0 aliphatic carbocycles. The molecule has 1 aromatic heterocycles. The number of fused-ring (bicyclic) bond motifs is 1. The molecule has 7 nitrogen and oxygen atoms in total. The zero-order valence-electron chi connectivity index (χ0n) is 13.7. The van der Waals surface area contributed by atoms with Crippen LogP contribution in [0.25, 0.3) is 10.8 Å². The van der Waals surface area contributed by atoms with Gasteiger partial charge in [0, 0.05) is 30.7 Å². The SMILES string of the molecule is CC(=O)Nc1cccc(NC(=O)c2nn(C)c(=O)c3ccccc23)c1. The van der Waals surface area contributed by atoms with Crippen LogP contribution in [0.5, 0.6) is 0 Å². The zero-order valence-corrected chi connectivity index (χ0v) is 13.7. The standard InChI is InChI=1S/C18H16N4O3/c1-11(23)19-12-6-5-7-13(10-12)20-17(24)16-14-8-3-4-9-15(14)18(25)22(2)21-16/h3-10H,1-2H3,(H,19,23)(H,20,24). The van der Waals surface area contributed by atoms with E-state index in [2.05, 4.69) is 15.7 Å². The summed E-state index contributed by atoms with van der Waals surface area (Å²) in [6.07, 6.45) is 0. The lowest BCUT2D eigenvalue weighted by molar-refractivity contribution is -0.114. The molecular formula is C18H16N4O3. The van der Waals surface area contributed by atoms with Gasteiger partial charge in [0.1, 0.15) is 0 Å². The highest BCUT2D eigenvalue weighted by Crippen LogP contribution is 2.18. The van der Waals surface area contributed by atoms with Crippen LogP contribution >= 0.6 is 0 Å². The van der Waals surface area contributed by atoms with Gasteiger partial charge in [0.25, 0.3) is 11.5 Å². The number of aromatic nitrogens is 2. The van der Waals surface area contributed by atoms with E-state index in [1.54, 1.807) is 48.5 Å². The molecule has 0 bridgehead atoms. The Morgan fingerprint density at radius 3 is 2.28 bits per heavy atom. The van der Waals surface area contributed by atoms with Crippen LogP contribution in [0.1, 0.15) is 17.4 Å². The second kappa shape index (κ2) is 6.56. The molecule has 25 heavy (non-hydrogen) atoms. The Labute approximate surface area is 143 Å². The normalized spacial score (nSPS) is 10.5. The number of anilines is 2. The summed E-state index contributed by atoms with van der Waals surface area (Å²) in [6, 6.07) is 13.6. The number of carbonyl (C=O) groups excluding carboxylic acids is 2. The van der Waals surface area contributed by atoms with Gasteiger partial charge in [-0.3, -0.25) is 14.4 Å². The predicted octanol–water partition coefficient (Wildman–Crippen LogP) is 2.14. The van der Waals surface area contributed by atoms with E-state index in [1.165, 1.54) is 14.0 Å². The van der Waals surface area contributed by atoms with E-state index in [9.17, 15) is 14.4 Å². The summed E-state index contributed by atoms with van der Waals surface area (Å²) in [7, 11) is 1.50. The van der Waals surface area contributed by atoms with Gasteiger partial charge in [0.05, 0.1) is 5.39 Å². The fourth-order valence-electron chi connectivity index (χ4n) is 2.54. The molecule has 0 fully saturated rings. The number of aryl methyl sites for hydroxylation is 1. The van der Waals surface area contributed by atoms with E-state index in [-0.39, 0.29) is 17.2 Å². The number of nitrogens with one attached hydrogen (secondary N) is 2. The van der Waals surface area contributed by atoms with Crippen molar-refractivity contribution in [2.45, 2.75) is 6.92 Å². The number of amides is 2. The highest BCUT2D eigenvalue weighted by Gasteiger charge is 2.15. The second-order valence-electron chi connectivity index (χ2n) is 5.54. The highest BCUT2D eigenvalue weighted by molar-refractivity contribution is 6.11. The monoisotopic (exact) mass is 336 g/mol. The summed E-state index contributed by atoms with van der Waals surface area (Å²) in [5.74, 6) is -0.638. The van der Waals surface area contributed by atoms with Gasteiger partial charge in [0.2, 0.25) is 5.91 Å². The minimum atomic E-state index is -0.438. The second-order valence-corrected chi connectivity index (χ2v) is 5.54. The number of carbonyl (C=O) groups is 2. The maximum Gasteiger partial charge on any atom is 0.276 e. The molecule has 0 aliphatic heterocycles. The lowest BCUT2D eigenvalue weighted by Gasteiger charge is -2.10. The maximum absolute atomic E-state index is 12.6. The Kier molecular flexibility index (Phi) is 4.30. The van der Waals surface area contributed by atoms with Crippen molar-refractivity contribution in [3.05, 3.63) is 64.6 Å². The molecule has 2 amide bonds. The molecule has 0 aliphatic rings. The smallest absolute Gasteiger partial charge is 0.276 e. The molecular weight excluding hydrogens is 320 g/mol.